The van der Waals surface area contributed by atoms with Gasteiger partial charge >= 0.3 is 5.97 Å². The van der Waals surface area contributed by atoms with Crippen LogP contribution in [0.4, 0.5) is 5.69 Å². The Bertz CT molecular complexity index is 432. The van der Waals surface area contributed by atoms with Crippen LogP contribution < -0.4 is 10.5 Å². The lowest BCUT2D eigenvalue weighted by molar-refractivity contribution is 0.0521. The average Bonchev–Trinajstić information content (AvgIpc) is 2.47. The molecule has 1 aromatic rings. The monoisotopic (exact) mass is 293 g/mol. The van der Waals surface area contributed by atoms with Gasteiger partial charge in [0.1, 0.15) is 11.3 Å². The summed E-state index contributed by atoms with van der Waals surface area (Å²) in [5.74, 6) is 0.166. The first kappa shape index (κ1) is 17.3. The van der Waals surface area contributed by atoms with Gasteiger partial charge in [-0.2, -0.15) is 0 Å². The van der Waals surface area contributed by atoms with E-state index in [9.17, 15) is 4.79 Å². The third-order valence-corrected chi connectivity index (χ3v) is 3.25. The first-order valence-electron chi connectivity index (χ1n) is 7.88. The first-order valence-corrected chi connectivity index (χ1v) is 7.88. The molecule has 0 aliphatic heterocycles. The average molecular weight is 293 g/mol. The number of ether oxygens (including phenoxy) is 2. The van der Waals surface area contributed by atoms with Crippen molar-refractivity contribution in [3.8, 4) is 5.75 Å². The highest BCUT2D eigenvalue weighted by atomic mass is 16.5. The van der Waals surface area contributed by atoms with Crippen LogP contribution in [0.15, 0.2) is 18.2 Å². The summed E-state index contributed by atoms with van der Waals surface area (Å²) in [5.41, 5.74) is 6.66. The zero-order valence-electron chi connectivity index (χ0n) is 13.2. The Hall–Kier alpha value is -1.71. The minimum Gasteiger partial charge on any atom is -0.493 e. The summed E-state index contributed by atoms with van der Waals surface area (Å²) in [7, 11) is 0. The summed E-state index contributed by atoms with van der Waals surface area (Å²) in [6.45, 7) is 4.94. The van der Waals surface area contributed by atoms with Crippen molar-refractivity contribution in [2.45, 2.75) is 52.4 Å². The summed E-state index contributed by atoms with van der Waals surface area (Å²) in [4.78, 5) is 11.9. The van der Waals surface area contributed by atoms with E-state index in [2.05, 4.69) is 6.92 Å². The summed E-state index contributed by atoms with van der Waals surface area (Å²) in [6, 6.07) is 5.08. The second kappa shape index (κ2) is 10.1. The van der Waals surface area contributed by atoms with Gasteiger partial charge in [0.15, 0.2) is 0 Å². The number of benzene rings is 1. The minimum absolute atomic E-state index is 0.338. The quantitative estimate of drug-likeness (QED) is 0.399. The molecule has 0 aliphatic rings. The third kappa shape index (κ3) is 6.52. The van der Waals surface area contributed by atoms with Gasteiger partial charge in [-0.25, -0.2) is 4.79 Å². The minimum atomic E-state index is -0.386. The summed E-state index contributed by atoms with van der Waals surface area (Å²) in [6.07, 6.45) is 7.23. The second-order valence-electron chi connectivity index (χ2n) is 5.09. The SMILES string of the molecule is CCCCCCCCOc1ccc(N)cc1C(=O)OCC. The molecule has 0 saturated heterocycles. The molecule has 118 valence electrons. The predicted molar refractivity (Wildman–Crippen MR) is 85.7 cm³/mol. The van der Waals surface area contributed by atoms with Crippen molar-refractivity contribution in [1.29, 1.82) is 0 Å². The molecule has 0 bridgehead atoms. The first-order chi connectivity index (χ1) is 10.2. The molecule has 0 fully saturated rings. The van der Waals surface area contributed by atoms with Gasteiger partial charge in [0.05, 0.1) is 13.2 Å². The number of carbonyl (C=O) groups is 1. The lowest BCUT2D eigenvalue weighted by atomic mass is 10.1. The van der Waals surface area contributed by atoms with E-state index in [1.54, 1.807) is 25.1 Å². The Morgan fingerprint density at radius 2 is 1.81 bits per heavy atom. The number of esters is 1. The fraction of sp³-hybridized carbons (Fsp3) is 0.588. The van der Waals surface area contributed by atoms with Crippen molar-refractivity contribution in [3.63, 3.8) is 0 Å². The molecule has 1 aromatic carbocycles. The van der Waals surface area contributed by atoms with E-state index < -0.39 is 0 Å². The third-order valence-electron chi connectivity index (χ3n) is 3.25. The van der Waals surface area contributed by atoms with Crippen LogP contribution in [0.1, 0.15) is 62.7 Å². The molecule has 0 aromatic heterocycles. The van der Waals surface area contributed by atoms with Gasteiger partial charge in [0.25, 0.3) is 0 Å². The van der Waals surface area contributed by atoms with Crippen LogP contribution in [0.25, 0.3) is 0 Å². The van der Waals surface area contributed by atoms with Gasteiger partial charge in [-0.15, -0.1) is 0 Å². The van der Waals surface area contributed by atoms with Gasteiger partial charge < -0.3 is 15.2 Å². The van der Waals surface area contributed by atoms with Gasteiger partial charge in [-0.05, 0) is 31.5 Å². The van der Waals surface area contributed by atoms with Crippen molar-refractivity contribution < 1.29 is 14.3 Å². The molecule has 0 spiro atoms. The van der Waals surface area contributed by atoms with Crippen molar-refractivity contribution in [3.05, 3.63) is 23.8 Å². The number of nitrogens with two attached hydrogens (primary N) is 1. The predicted octanol–water partition coefficient (Wildman–Crippen LogP) is 4.18. The second-order valence-corrected chi connectivity index (χ2v) is 5.09. The van der Waals surface area contributed by atoms with Gasteiger partial charge in [0, 0.05) is 5.69 Å². The molecule has 0 atom stereocenters. The number of carbonyl (C=O) groups excluding carboxylic acids is 1. The zero-order chi connectivity index (χ0) is 15.5. The molecule has 1 rings (SSSR count). The van der Waals surface area contributed by atoms with Crippen molar-refractivity contribution >= 4 is 11.7 Å². The largest absolute Gasteiger partial charge is 0.493 e. The van der Waals surface area contributed by atoms with E-state index in [0.717, 1.165) is 12.8 Å². The molecule has 21 heavy (non-hydrogen) atoms. The lowest BCUT2D eigenvalue weighted by Gasteiger charge is -2.11. The van der Waals surface area contributed by atoms with Crippen LogP contribution in [0.5, 0.6) is 5.75 Å². The Morgan fingerprint density at radius 1 is 1.10 bits per heavy atom. The van der Waals surface area contributed by atoms with Crippen LogP contribution in [-0.2, 0) is 4.74 Å². The van der Waals surface area contributed by atoms with E-state index in [0.29, 0.717) is 30.2 Å². The van der Waals surface area contributed by atoms with Crippen molar-refractivity contribution in [2.75, 3.05) is 18.9 Å². The zero-order valence-corrected chi connectivity index (χ0v) is 13.2. The highest BCUT2D eigenvalue weighted by molar-refractivity contribution is 5.93. The number of rotatable bonds is 10. The highest BCUT2D eigenvalue weighted by Gasteiger charge is 2.14. The number of hydrogen-bond acceptors (Lipinski definition) is 4. The molecular weight excluding hydrogens is 266 g/mol. The standard InChI is InChI=1S/C17H27NO3/c1-3-5-6-7-8-9-12-21-16-11-10-14(18)13-15(16)17(19)20-4-2/h10-11,13H,3-9,12,18H2,1-2H3. The Morgan fingerprint density at radius 3 is 2.52 bits per heavy atom. The van der Waals surface area contributed by atoms with Gasteiger partial charge in [-0.1, -0.05) is 39.0 Å². The van der Waals surface area contributed by atoms with Crippen molar-refractivity contribution in [1.82, 2.24) is 0 Å². The molecular formula is C17H27NO3. The van der Waals surface area contributed by atoms with E-state index >= 15 is 0 Å². The maximum absolute atomic E-state index is 11.9. The van der Waals surface area contributed by atoms with E-state index in [-0.39, 0.29) is 5.97 Å². The molecule has 0 aliphatic carbocycles. The van der Waals surface area contributed by atoms with Crippen molar-refractivity contribution in [2.24, 2.45) is 0 Å². The smallest absolute Gasteiger partial charge is 0.341 e. The van der Waals surface area contributed by atoms with Crippen LogP contribution in [0, 0.1) is 0 Å². The van der Waals surface area contributed by atoms with E-state index in [1.165, 1.54) is 25.7 Å². The molecule has 2 N–H and O–H groups in total. The molecule has 0 radical (unpaired) electrons. The summed E-state index contributed by atoms with van der Waals surface area (Å²) < 4.78 is 10.7. The normalized spacial score (nSPS) is 10.4. The summed E-state index contributed by atoms with van der Waals surface area (Å²) >= 11 is 0. The molecule has 0 unspecified atom stereocenters. The molecule has 0 saturated carbocycles. The van der Waals surface area contributed by atoms with E-state index in [4.69, 9.17) is 15.2 Å². The van der Waals surface area contributed by atoms with E-state index in [1.807, 2.05) is 0 Å². The molecule has 4 heteroatoms. The summed E-state index contributed by atoms with van der Waals surface area (Å²) in [5, 5.41) is 0. The lowest BCUT2D eigenvalue weighted by Crippen LogP contribution is -2.09. The Balaban J connectivity index is 2.45. The topological polar surface area (TPSA) is 61.5 Å². The van der Waals surface area contributed by atoms with Gasteiger partial charge in [0.2, 0.25) is 0 Å². The maximum atomic E-state index is 11.9. The maximum Gasteiger partial charge on any atom is 0.341 e. The molecule has 0 heterocycles. The fourth-order valence-electron chi connectivity index (χ4n) is 2.11. The Kier molecular flexibility index (Phi) is 8.32. The molecule has 4 nitrogen and oxygen atoms in total. The number of anilines is 1. The van der Waals surface area contributed by atoms with Crippen LogP contribution in [0.3, 0.4) is 0 Å². The highest BCUT2D eigenvalue weighted by Crippen LogP contribution is 2.23. The number of hydrogen-bond donors (Lipinski definition) is 1. The van der Waals surface area contributed by atoms with Crippen LogP contribution >= 0.6 is 0 Å². The number of nitrogen functional groups attached to an aromatic ring is 1. The van der Waals surface area contributed by atoms with Crippen LogP contribution in [-0.4, -0.2) is 19.2 Å². The van der Waals surface area contributed by atoms with Crippen LogP contribution in [0.2, 0.25) is 0 Å². The fourth-order valence-corrected chi connectivity index (χ4v) is 2.11. The number of unbranched alkanes of at least 4 members (excludes halogenated alkanes) is 5. The Labute approximate surface area is 127 Å². The van der Waals surface area contributed by atoms with Gasteiger partial charge in [-0.3, -0.25) is 0 Å². The molecule has 0 amide bonds.